The smallest absolute Gasteiger partial charge is 0.0705 e. The number of benzene rings is 3. The van der Waals surface area contributed by atoms with Gasteiger partial charge in [-0.25, -0.2) is 0 Å². The molecule has 0 saturated heterocycles. The fourth-order valence-electron chi connectivity index (χ4n) is 3.93. The predicted octanol–water partition coefficient (Wildman–Crippen LogP) is 8.39. The van der Waals surface area contributed by atoms with E-state index in [0.29, 0.717) is 0 Å². The molecule has 0 saturated carbocycles. The molecule has 1 aromatic heterocycles. The lowest BCUT2D eigenvalue weighted by atomic mass is 9.93. The maximum absolute atomic E-state index is 4.67. The van der Waals surface area contributed by atoms with E-state index in [1.807, 2.05) is 6.20 Å². The Morgan fingerprint density at radius 2 is 1.23 bits per heavy atom. The number of halogens is 1. The minimum absolute atomic E-state index is 1.02. The Morgan fingerprint density at radius 1 is 0.567 bits per heavy atom. The first kappa shape index (κ1) is 20.6. The Labute approximate surface area is 188 Å². The van der Waals surface area contributed by atoms with Crippen molar-refractivity contribution in [3.05, 3.63) is 99.2 Å². The molecule has 2 heteroatoms. The number of aryl methyl sites for hydroxylation is 5. The van der Waals surface area contributed by atoms with Gasteiger partial charge in [0, 0.05) is 16.2 Å². The van der Waals surface area contributed by atoms with Crippen LogP contribution in [0.5, 0.6) is 0 Å². The second kappa shape index (κ2) is 8.20. The molecule has 0 unspecified atom stereocenters. The van der Waals surface area contributed by atoms with E-state index in [1.54, 1.807) is 0 Å². The van der Waals surface area contributed by atoms with E-state index >= 15 is 0 Å². The van der Waals surface area contributed by atoms with Crippen molar-refractivity contribution in [2.75, 3.05) is 0 Å². The first-order valence-electron chi connectivity index (χ1n) is 10.2. The summed E-state index contributed by atoms with van der Waals surface area (Å²) >= 11 is 3.74. The van der Waals surface area contributed by atoms with Crippen LogP contribution < -0.4 is 0 Å². The second-order valence-electron chi connectivity index (χ2n) is 8.29. The molecule has 4 aromatic rings. The van der Waals surface area contributed by atoms with E-state index in [0.717, 1.165) is 15.7 Å². The fraction of sp³-hybridized carbons (Fsp3) is 0.179. The number of hydrogen-bond acceptors (Lipinski definition) is 1. The maximum atomic E-state index is 4.67. The molecule has 0 fully saturated rings. The summed E-state index contributed by atoms with van der Waals surface area (Å²) in [4.78, 5) is 4.67. The lowest BCUT2D eigenvalue weighted by Crippen LogP contribution is -1.91. The number of hydrogen-bond donors (Lipinski definition) is 0. The molecule has 150 valence electrons. The van der Waals surface area contributed by atoms with E-state index in [2.05, 4.69) is 116 Å². The molecule has 3 aromatic carbocycles. The molecule has 30 heavy (non-hydrogen) atoms. The van der Waals surface area contributed by atoms with E-state index < -0.39 is 0 Å². The zero-order valence-electron chi connectivity index (χ0n) is 18.2. The van der Waals surface area contributed by atoms with Crippen LogP contribution >= 0.6 is 15.9 Å². The van der Waals surface area contributed by atoms with Crippen molar-refractivity contribution in [1.29, 1.82) is 0 Å². The van der Waals surface area contributed by atoms with Crippen LogP contribution in [0.25, 0.3) is 33.5 Å². The number of pyridine rings is 1. The summed E-state index contributed by atoms with van der Waals surface area (Å²) in [6, 6.07) is 22.2. The lowest BCUT2D eigenvalue weighted by molar-refractivity contribution is 1.22. The number of rotatable bonds is 3. The molecule has 4 rings (SSSR count). The molecule has 0 spiro atoms. The van der Waals surface area contributed by atoms with Gasteiger partial charge < -0.3 is 0 Å². The average molecular weight is 456 g/mol. The Balaban J connectivity index is 1.84. The molecule has 0 radical (unpaired) electrons. The van der Waals surface area contributed by atoms with Crippen LogP contribution in [-0.2, 0) is 0 Å². The molecule has 1 nitrogen and oxygen atoms in total. The van der Waals surface area contributed by atoms with Crippen molar-refractivity contribution in [2.24, 2.45) is 0 Å². The van der Waals surface area contributed by atoms with Gasteiger partial charge in [0.05, 0.1) is 5.69 Å². The Bertz CT molecular complexity index is 1230. The van der Waals surface area contributed by atoms with Crippen LogP contribution in [0.2, 0.25) is 0 Å². The lowest BCUT2D eigenvalue weighted by Gasteiger charge is -2.13. The van der Waals surface area contributed by atoms with E-state index in [1.165, 1.54) is 50.1 Å². The molecule has 0 aliphatic rings. The largest absolute Gasteiger partial charge is 0.256 e. The average Bonchev–Trinajstić information content (AvgIpc) is 2.69. The summed E-state index contributed by atoms with van der Waals surface area (Å²) in [5.74, 6) is 0. The van der Waals surface area contributed by atoms with Crippen LogP contribution in [0.15, 0.2) is 71.3 Å². The number of aromatic nitrogens is 1. The second-order valence-corrected chi connectivity index (χ2v) is 9.20. The highest BCUT2D eigenvalue weighted by Gasteiger charge is 2.10. The van der Waals surface area contributed by atoms with Crippen LogP contribution in [0.4, 0.5) is 0 Å². The Morgan fingerprint density at radius 3 is 1.93 bits per heavy atom. The van der Waals surface area contributed by atoms with Gasteiger partial charge in [-0.05, 0) is 104 Å². The van der Waals surface area contributed by atoms with Crippen molar-refractivity contribution >= 4 is 15.9 Å². The summed E-state index contributed by atoms with van der Waals surface area (Å²) in [5, 5.41) is 0. The van der Waals surface area contributed by atoms with Crippen LogP contribution in [0.3, 0.4) is 0 Å². The minimum atomic E-state index is 1.02. The minimum Gasteiger partial charge on any atom is -0.256 e. The topological polar surface area (TPSA) is 12.9 Å². The Hall–Kier alpha value is -2.71. The van der Waals surface area contributed by atoms with Gasteiger partial charge in [0.15, 0.2) is 0 Å². The highest BCUT2D eigenvalue weighted by atomic mass is 79.9. The molecule has 0 aliphatic carbocycles. The van der Waals surface area contributed by atoms with Gasteiger partial charge in [-0.2, -0.15) is 0 Å². The molecular formula is C28H26BrN. The van der Waals surface area contributed by atoms with Gasteiger partial charge in [0.25, 0.3) is 0 Å². The highest BCUT2D eigenvalue weighted by molar-refractivity contribution is 9.10. The molecule has 1 heterocycles. The molecule has 0 aliphatic heterocycles. The maximum Gasteiger partial charge on any atom is 0.0705 e. The zero-order chi connectivity index (χ0) is 21.4. The van der Waals surface area contributed by atoms with E-state index in [9.17, 15) is 0 Å². The zero-order valence-corrected chi connectivity index (χ0v) is 19.8. The van der Waals surface area contributed by atoms with Gasteiger partial charge >= 0.3 is 0 Å². The highest BCUT2D eigenvalue weighted by Crippen LogP contribution is 2.35. The fourth-order valence-corrected chi connectivity index (χ4v) is 4.42. The molecule has 0 bridgehead atoms. The first-order chi connectivity index (χ1) is 14.3. The van der Waals surface area contributed by atoms with Crippen molar-refractivity contribution < 1.29 is 0 Å². The van der Waals surface area contributed by atoms with Gasteiger partial charge in [-0.15, -0.1) is 0 Å². The normalized spacial score (nSPS) is 11.0. The monoisotopic (exact) mass is 455 g/mol. The summed E-state index contributed by atoms with van der Waals surface area (Å²) < 4.78 is 1.09. The summed E-state index contributed by atoms with van der Waals surface area (Å²) in [5.41, 5.74) is 13.4. The molecule has 0 atom stereocenters. The van der Waals surface area contributed by atoms with Crippen LogP contribution in [0, 0.1) is 34.6 Å². The quantitative estimate of drug-likeness (QED) is 0.302. The van der Waals surface area contributed by atoms with Gasteiger partial charge in [-0.3, -0.25) is 4.98 Å². The van der Waals surface area contributed by atoms with Crippen LogP contribution in [0.1, 0.15) is 27.8 Å². The van der Waals surface area contributed by atoms with Gasteiger partial charge in [0.2, 0.25) is 0 Å². The van der Waals surface area contributed by atoms with Crippen molar-refractivity contribution in [1.82, 2.24) is 4.98 Å². The summed E-state index contributed by atoms with van der Waals surface area (Å²) in [6.07, 6.45) is 1.96. The van der Waals surface area contributed by atoms with Crippen molar-refractivity contribution in [3.8, 4) is 33.5 Å². The van der Waals surface area contributed by atoms with Gasteiger partial charge in [0.1, 0.15) is 0 Å². The predicted molar refractivity (Wildman–Crippen MR) is 132 cm³/mol. The van der Waals surface area contributed by atoms with Gasteiger partial charge in [-0.1, -0.05) is 57.4 Å². The third-order valence-corrected chi connectivity index (χ3v) is 6.13. The molecule has 0 amide bonds. The third kappa shape index (κ3) is 4.24. The molecule has 0 N–H and O–H groups in total. The Kier molecular flexibility index (Phi) is 5.62. The first-order valence-corrected chi connectivity index (χ1v) is 11.0. The summed E-state index contributed by atoms with van der Waals surface area (Å²) in [6.45, 7) is 10.7. The number of nitrogens with zero attached hydrogens (tertiary/aromatic N) is 1. The molecular weight excluding hydrogens is 430 g/mol. The van der Waals surface area contributed by atoms with E-state index in [-0.39, 0.29) is 0 Å². The summed E-state index contributed by atoms with van der Waals surface area (Å²) in [7, 11) is 0. The SMILES string of the molecule is Cc1cc(C)cc(-c2cc(Br)cc(-c3cc(-c4cc(C)c(C)cn4)ccc3C)c2)c1. The standard InChI is InChI=1S/C28H26BrN/c1-17-8-18(2)10-23(9-17)24-12-25(14-26(29)13-24)27-15-22(7-6-19(27)3)28-11-20(4)21(5)16-30-28/h6-16H,1-5H3. The third-order valence-electron chi connectivity index (χ3n) is 5.67. The van der Waals surface area contributed by atoms with Crippen LogP contribution in [-0.4, -0.2) is 4.98 Å². The van der Waals surface area contributed by atoms with Crippen molar-refractivity contribution in [3.63, 3.8) is 0 Å². The van der Waals surface area contributed by atoms with Crippen molar-refractivity contribution in [2.45, 2.75) is 34.6 Å². The van der Waals surface area contributed by atoms with E-state index in [4.69, 9.17) is 0 Å².